The van der Waals surface area contributed by atoms with E-state index in [2.05, 4.69) is 4.57 Å². The van der Waals surface area contributed by atoms with Crippen molar-refractivity contribution in [2.75, 3.05) is 23.7 Å². The molecule has 0 radical (unpaired) electrons. The Labute approximate surface area is 192 Å². The van der Waals surface area contributed by atoms with Crippen LogP contribution in [0.25, 0.3) is 5.69 Å². The maximum Gasteiger partial charge on any atom is 0.249 e. The van der Waals surface area contributed by atoms with E-state index in [9.17, 15) is 8.42 Å². The predicted molar refractivity (Wildman–Crippen MR) is 124 cm³/mol. The van der Waals surface area contributed by atoms with E-state index in [1.807, 2.05) is 60.5 Å². The van der Waals surface area contributed by atoms with Crippen molar-refractivity contribution in [3.8, 4) is 11.4 Å². The van der Waals surface area contributed by atoms with Crippen LogP contribution in [0.15, 0.2) is 65.1 Å². The molecule has 1 aromatic heterocycles. The fraction of sp³-hybridized carbons (Fsp3) is 0.318. The van der Waals surface area contributed by atoms with Crippen LogP contribution in [0.2, 0.25) is 0 Å². The van der Waals surface area contributed by atoms with Gasteiger partial charge in [0, 0.05) is 29.6 Å². The van der Waals surface area contributed by atoms with Crippen LogP contribution in [-0.2, 0) is 16.6 Å². The Bertz CT molecular complexity index is 1200. The Kier molecular flexibility index (Phi) is 6.19. The third kappa shape index (κ3) is 4.54. The number of anilines is 1. The zero-order chi connectivity index (χ0) is 22.2. The molecular weight excluding hydrogens is 457 g/mol. The first-order valence-corrected chi connectivity index (χ1v) is 12.3. The summed E-state index contributed by atoms with van der Waals surface area (Å²) in [6.07, 6.45) is 12.1. The lowest BCUT2D eigenvalue weighted by atomic mass is 10.1. The maximum atomic E-state index is 12.3. The molecule has 0 spiro atoms. The molecule has 2 aromatic rings. The number of sulfonamides is 1. The number of hydrogen-bond donors (Lipinski definition) is 0. The molecule has 1 fully saturated rings. The minimum atomic E-state index is -3.25. The number of benzene rings is 1. The van der Waals surface area contributed by atoms with Gasteiger partial charge in [-0.1, -0.05) is 35.4 Å². The number of allylic oxidation sites excluding steroid dienone is 6. The van der Waals surface area contributed by atoms with Crippen LogP contribution in [0.1, 0.15) is 12.1 Å². The smallest absolute Gasteiger partial charge is 0.249 e. The van der Waals surface area contributed by atoms with Crippen molar-refractivity contribution in [1.29, 1.82) is 0 Å². The van der Waals surface area contributed by atoms with E-state index in [1.54, 1.807) is 13.2 Å². The van der Waals surface area contributed by atoms with Crippen LogP contribution in [0.3, 0.4) is 0 Å². The average molecular weight is 481 g/mol. The van der Waals surface area contributed by atoms with Crippen molar-refractivity contribution >= 4 is 38.9 Å². The zero-order valence-electron chi connectivity index (χ0n) is 17.3. The lowest BCUT2D eigenvalue weighted by molar-refractivity contribution is -0.595. The lowest BCUT2D eigenvalue weighted by Gasteiger charge is -2.18. The number of rotatable bonds is 5. The van der Waals surface area contributed by atoms with E-state index < -0.39 is 10.0 Å². The van der Waals surface area contributed by atoms with Gasteiger partial charge in [0.05, 0.1) is 24.5 Å². The average Bonchev–Trinajstić information content (AvgIpc) is 3.22. The summed E-state index contributed by atoms with van der Waals surface area (Å²) in [5, 5.41) is 1.38. The van der Waals surface area contributed by atoms with E-state index in [4.69, 9.17) is 27.9 Å². The van der Waals surface area contributed by atoms with Gasteiger partial charge in [-0.25, -0.2) is 13.0 Å². The summed E-state index contributed by atoms with van der Waals surface area (Å²) in [5.74, 6) is 0.745. The molecule has 4 rings (SSSR count). The van der Waals surface area contributed by atoms with Crippen LogP contribution in [0.4, 0.5) is 5.69 Å². The Morgan fingerprint density at radius 2 is 2.10 bits per heavy atom. The summed E-state index contributed by atoms with van der Waals surface area (Å²) in [7, 11) is -1.66. The first-order chi connectivity index (χ1) is 14.8. The topological polar surface area (TPSA) is 55.4 Å². The highest BCUT2D eigenvalue weighted by atomic mass is 35.5. The highest BCUT2D eigenvalue weighted by Gasteiger charge is 2.29. The zero-order valence-corrected chi connectivity index (χ0v) is 19.7. The molecule has 0 bridgehead atoms. The van der Waals surface area contributed by atoms with Gasteiger partial charge >= 0.3 is 0 Å². The number of halogens is 2. The largest absolute Gasteiger partial charge is 0.492 e. The molecule has 9 heteroatoms. The summed E-state index contributed by atoms with van der Waals surface area (Å²) in [6.45, 7) is 3.15. The molecule has 164 valence electrons. The lowest BCUT2D eigenvalue weighted by Crippen LogP contribution is -2.29. The van der Waals surface area contributed by atoms with E-state index in [0.29, 0.717) is 36.0 Å². The standard InChI is InChI=1S/C22H24Cl2N3O3S/c1-16-13-26(15-25(16)14-17-11-18(23)5-3-6-20(17)24)21-8-7-19(12-22(21)30-2)27-9-4-10-31(27,28)29/h3,5-8,11-13,15,17H,4,9-10,14H2,1-2H3/q+1. The Hall–Kier alpha value is -2.22. The fourth-order valence-electron chi connectivity index (χ4n) is 3.87. The van der Waals surface area contributed by atoms with Gasteiger partial charge in [0.1, 0.15) is 18.4 Å². The summed E-state index contributed by atoms with van der Waals surface area (Å²) < 4.78 is 35.7. The van der Waals surface area contributed by atoms with Gasteiger partial charge in [0.25, 0.3) is 0 Å². The van der Waals surface area contributed by atoms with Gasteiger partial charge in [-0.2, -0.15) is 4.57 Å². The van der Waals surface area contributed by atoms with Crippen molar-refractivity contribution in [1.82, 2.24) is 4.57 Å². The monoisotopic (exact) mass is 480 g/mol. The molecule has 1 aromatic carbocycles. The van der Waals surface area contributed by atoms with Gasteiger partial charge in [0.2, 0.25) is 16.4 Å². The van der Waals surface area contributed by atoms with E-state index in [0.717, 1.165) is 16.4 Å². The molecule has 1 saturated heterocycles. The van der Waals surface area contributed by atoms with Crippen LogP contribution in [0.5, 0.6) is 5.75 Å². The maximum absolute atomic E-state index is 12.3. The summed E-state index contributed by atoms with van der Waals surface area (Å²) >= 11 is 12.7. The molecule has 0 N–H and O–H groups in total. The highest BCUT2D eigenvalue weighted by molar-refractivity contribution is 7.93. The molecule has 1 unspecified atom stereocenters. The summed E-state index contributed by atoms with van der Waals surface area (Å²) in [4.78, 5) is 0. The van der Waals surface area contributed by atoms with Crippen molar-refractivity contribution in [2.24, 2.45) is 5.92 Å². The van der Waals surface area contributed by atoms with Gasteiger partial charge < -0.3 is 4.74 Å². The molecule has 0 saturated carbocycles. The number of aromatic nitrogens is 2. The van der Waals surface area contributed by atoms with E-state index >= 15 is 0 Å². The van der Waals surface area contributed by atoms with Gasteiger partial charge in [-0.15, -0.1) is 0 Å². The van der Waals surface area contributed by atoms with Crippen molar-refractivity contribution in [2.45, 2.75) is 19.9 Å². The van der Waals surface area contributed by atoms with E-state index in [1.165, 1.54) is 4.31 Å². The molecule has 31 heavy (non-hydrogen) atoms. The third-order valence-corrected chi connectivity index (χ3v) is 8.02. The molecule has 1 aliphatic carbocycles. The predicted octanol–water partition coefficient (Wildman–Crippen LogP) is 4.05. The van der Waals surface area contributed by atoms with E-state index in [-0.39, 0.29) is 11.7 Å². The second kappa shape index (κ2) is 8.73. The minimum Gasteiger partial charge on any atom is -0.492 e. The van der Waals surface area contributed by atoms with Gasteiger partial charge in [0.15, 0.2) is 11.4 Å². The molecule has 0 amide bonds. The first kappa shape index (κ1) is 22.0. The number of aryl methyl sites for hydroxylation is 1. The molecule has 2 aliphatic rings. The van der Waals surface area contributed by atoms with Crippen LogP contribution in [0, 0.1) is 12.8 Å². The molecule has 6 nitrogen and oxygen atoms in total. The number of nitrogens with zero attached hydrogens (tertiary/aromatic N) is 3. The van der Waals surface area contributed by atoms with Crippen molar-refractivity contribution < 1.29 is 17.7 Å². The fourth-order valence-corrected chi connectivity index (χ4v) is 5.86. The number of hydrogen-bond acceptors (Lipinski definition) is 3. The molecule has 1 aliphatic heterocycles. The van der Waals surface area contributed by atoms with Crippen LogP contribution < -0.4 is 13.6 Å². The molecule has 2 heterocycles. The Morgan fingerprint density at radius 3 is 2.81 bits per heavy atom. The molecular formula is C22H24Cl2N3O3S+. The van der Waals surface area contributed by atoms with Crippen molar-refractivity contribution in [3.05, 3.63) is 70.8 Å². The van der Waals surface area contributed by atoms with Gasteiger partial charge in [-0.05, 0) is 30.7 Å². The highest BCUT2D eigenvalue weighted by Crippen LogP contribution is 2.30. The first-order valence-electron chi connectivity index (χ1n) is 9.96. The van der Waals surface area contributed by atoms with Gasteiger partial charge in [-0.3, -0.25) is 4.31 Å². The number of methoxy groups -OCH3 is 1. The van der Waals surface area contributed by atoms with Crippen LogP contribution in [-0.4, -0.2) is 32.4 Å². The summed E-state index contributed by atoms with van der Waals surface area (Å²) in [5.41, 5.74) is 2.49. The quantitative estimate of drug-likeness (QED) is 0.606. The van der Waals surface area contributed by atoms with Crippen molar-refractivity contribution in [3.63, 3.8) is 0 Å². The SMILES string of the molecule is COc1cc(N2CCCS2(=O)=O)ccc1-[n+]1cc(C)n(CC2C=C(Cl)C=CC=C2Cl)c1. The molecule has 1 atom stereocenters. The number of ether oxygens (including phenoxy) is 1. The Morgan fingerprint density at radius 1 is 1.29 bits per heavy atom. The third-order valence-electron chi connectivity index (χ3n) is 5.49. The number of imidazole rings is 1. The Balaban J connectivity index is 1.64. The summed E-state index contributed by atoms with van der Waals surface area (Å²) in [6, 6.07) is 5.47. The second-order valence-electron chi connectivity index (χ2n) is 7.61. The second-order valence-corrected chi connectivity index (χ2v) is 10.5. The minimum absolute atomic E-state index is 0.0339. The normalized spacial score (nSPS) is 20.4. The van der Waals surface area contributed by atoms with Crippen LogP contribution >= 0.6 is 23.2 Å².